The largest absolute Gasteiger partial charge is 0.379 e. The summed E-state index contributed by atoms with van der Waals surface area (Å²) in [5.41, 5.74) is 0. The van der Waals surface area contributed by atoms with Crippen LogP contribution in [0.5, 0.6) is 0 Å². The van der Waals surface area contributed by atoms with Crippen LogP contribution in [0.4, 0.5) is 0 Å². The number of hydrogen-bond acceptors (Lipinski definition) is 2. The molecule has 3 nitrogen and oxygen atoms in total. The molecule has 0 bridgehead atoms. The Bertz CT molecular complexity index is 143. The summed E-state index contributed by atoms with van der Waals surface area (Å²) in [6.45, 7) is 7.66. The lowest BCUT2D eigenvalue weighted by Gasteiger charge is -2.29. The van der Waals surface area contributed by atoms with Crippen LogP contribution in [-0.2, 0) is 9.47 Å². The van der Waals surface area contributed by atoms with Gasteiger partial charge in [-0.05, 0) is 12.8 Å². The minimum absolute atomic E-state index is 0.233. The highest BCUT2D eigenvalue weighted by Crippen LogP contribution is 2.02. The van der Waals surface area contributed by atoms with Gasteiger partial charge in [0.15, 0.2) is 0 Å². The summed E-state index contributed by atoms with van der Waals surface area (Å²) < 4.78 is 12.2. The molecule has 3 heteroatoms. The summed E-state index contributed by atoms with van der Waals surface area (Å²) in [6.07, 6.45) is 2.38. The fraction of sp³-hybridized carbons (Fsp3) is 1.00. The molecule has 0 saturated carbocycles. The first-order valence-electron chi connectivity index (χ1n) is 5.99. The van der Waals surface area contributed by atoms with Gasteiger partial charge in [0, 0.05) is 13.2 Å². The van der Waals surface area contributed by atoms with E-state index in [2.05, 4.69) is 35.0 Å². The Balaban J connectivity index is 3.84. The summed E-state index contributed by atoms with van der Waals surface area (Å²) >= 11 is 0. The van der Waals surface area contributed by atoms with Crippen LogP contribution in [0.25, 0.3) is 0 Å². The van der Waals surface area contributed by atoms with Crippen LogP contribution in [0, 0.1) is 0 Å². The van der Waals surface area contributed by atoms with Crippen molar-refractivity contribution in [2.24, 2.45) is 0 Å². The zero-order valence-electron chi connectivity index (χ0n) is 11.1. The number of rotatable bonds is 9. The Morgan fingerprint density at radius 1 is 1.00 bits per heavy atom. The summed E-state index contributed by atoms with van der Waals surface area (Å²) in [6, 6.07) is 0. The third kappa shape index (κ3) is 10.2. The minimum Gasteiger partial charge on any atom is -0.379 e. The summed E-state index contributed by atoms with van der Waals surface area (Å²) in [4.78, 5) is 0. The van der Waals surface area contributed by atoms with E-state index in [-0.39, 0.29) is 6.10 Å². The molecular weight excluding hydrogens is 190 g/mol. The standard InChI is InChI=1S/C12H28NO2/c1-6-8-14-11-12(15-9-7-2)10-13(3,4)5/h12H,6-11H2,1-5H3/q+1. The van der Waals surface area contributed by atoms with Crippen LogP contribution < -0.4 is 0 Å². The zero-order chi connectivity index (χ0) is 11.7. The molecule has 0 aliphatic rings. The molecule has 0 rings (SSSR count). The van der Waals surface area contributed by atoms with Gasteiger partial charge in [-0.3, -0.25) is 0 Å². The van der Waals surface area contributed by atoms with Gasteiger partial charge in [0.25, 0.3) is 0 Å². The van der Waals surface area contributed by atoms with Crippen LogP contribution in [0.1, 0.15) is 26.7 Å². The van der Waals surface area contributed by atoms with E-state index in [4.69, 9.17) is 9.47 Å². The van der Waals surface area contributed by atoms with E-state index in [0.29, 0.717) is 0 Å². The number of ether oxygens (including phenoxy) is 2. The zero-order valence-corrected chi connectivity index (χ0v) is 11.1. The second-order valence-electron chi connectivity index (χ2n) is 5.04. The normalized spacial score (nSPS) is 14.2. The average Bonchev–Trinajstić information content (AvgIpc) is 2.12. The summed E-state index contributed by atoms with van der Waals surface area (Å²) in [5.74, 6) is 0. The van der Waals surface area contributed by atoms with E-state index in [0.717, 1.165) is 43.7 Å². The molecule has 0 aromatic heterocycles. The highest BCUT2D eigenvalue weighted by atomic mass is 16.5. The van der Waals surface area contributed by atoms with Gasteiger partial charge in [-0.25, -0.2) is 0 Å². The molecule has 0 aromatic carbocycles. The maximum atomic E-state index is 5.77. The van der Waals surface area contributed by atoms with Crippen molar-refractivity contribution in [1.82, 2.24) is 0 Å². The third-order valence-corrected chi connectivity index (χ3v) is 1.96. The first-order chi connectivity index (χ1) is 6.99. The highest BCUT2D eigenvalue weighted by Gasteiger charge is 2.18. The first kappa shape index (κ1) is 14.9. The summed E-state index contributed by atoms with van der Waals surface area (Å²) in [7, 11) is 6.55. The van der Waals surface area contributed by atoms with Crippen LogP contribution in [0.15, 0.2) is 0 Å². The number of hydrogen-bond donors (Lipinski definition) is 0. The van der Waals surface area contributed by atoms with Gasteiger partial charge < -0.3 is 14.0 Å². The molecule has 1 unspecified atom stereocenters. The lowest BCUT2D eigenvalue weighted by atomic mass is 10.3. The predicted octanol–water partition coefficient (Wildman–Crippen LogP) is 1.91. The van der Waals surface area contributed by atoms with E-state index >= 15 is 0 Å². The van der Waals surface area contributed by atoms with Gasteiger partial charge in [-0.1, -0.05) is 13.8 Å². The number of quaternary nitrogens is 1. The van der Waals surface area contributed by atoms with Gasteiger partial charge in [0.1, 0.15) is 12.6 Å². The van der Waals surface area contributed by atoms with Gasteiger partial charge in [-0.2, -0.15) is 0 Å². The molecule has 0 amide bonds. The number of nitrogens with zero attached hydrogens (tertiary/aromatic N) is 1. The van der Waals surface area contributed by atoms with E-state index in [1.54, 1.807) is 0 Å². The molecule has 0 aliphatic carbocycles. The van der Waals surface area contributed by atoms with Crippen LogP contribution in [0.2, 0.25) is 0 Å². The molecule has 0 spiro atoms. The Morgan fingerprint density at radius 3 is 2.07 bits per heavy atom. The number of likely N-dealkylation sites (N-methyl/N-ethyl adjacent to an activating group) is 1. The molecular formula is C12H28NO2+. The maximum absolute atomic E-state index is 5.77. The molecule has 0 aromatic rings. The monoisotopic (exact) mass is 218 g/mol. The van der Waals surface area contributed by atoms with Gasteiger partial charge in [0.05, 0.1) is 27.7 Å². The molecule has 92 valence electrons. The smallest absolute Gasteiger partial charge is 0.130 e. The predicted molar refractivity (Wildman–Crippen MR) is 64.0 cm³/mol. The van der Waals surface area contributed by atoms with Crippen molar-refractivity contribution in [3.63, 3.8) is 0 Å². The Hall–Kier alpha value is -0.120. The van der Waals surface area contributed by atoms with Crippen LogP contribution in [0.3, 0.4) is 0 Å². The topological polar surface area (TPSA) is 18.5 Å². The molecule has 0 fully saturated rings. The van der Waals surface area contributed by atoms with Crippen molar-refractivity contribution in [2.75, 3.05) is 47.5 Å². The Morgan fingerprint density at radius 2 is 1.60 bits per heavy atom. The molecule has 0 aliphatic heterocycles. The lowest BCUT2D eigenvalue weighted by Crippen LogP contribution is -2.44. The van der Waals surface area contributed by atoms with E-state index < -0.39 is 0 Å². The molecule has 0 N–H and O–H groups in total. The van der Waals surface area contributed by atoms with E-state index in [1.165, 1.54) is 0 Å². The lowest BCUT2D eigenvalue weighted by molar-refractivity contribution is -0.873. The first-order valence-corrected chi connectivity index (χ1v) is 5.99. The van der Waals surface area contributed by atoms with Crippen molar-refractivity contribution in [1.29, 1.82) is 0 Å². The average molecular weight is 218 g/mol. The molecule has 0 radical (unpaired) electrons. The fourth-order valence-electron chi connectivity index (χ4n) is 1.41. The Labute approximate surface area is 95.0 Å². The second kappa shape index (κ2) is 8.08. The van der Waals surface area contributed by atoms with Crippen molar-refractivity contribution in [2.45, 2.75) is 32.8 Å². The Kier molecular flexibility index (Phi) is 8.02. The van der Waals surface area contributed by atoms with Gasteiger partial charge in [0.2, 0.25) is 0 Å². The SMILES string of the molecule is CCCOCC(C[N+](C)(C)C)OCCC. The maximum Gasteiger partial charge on any atom is 0.130 e. The molecule has 1 atom stereocenters. The molecule has 0 heterocycles. The van der Waals surface area contributed by atoms with Crippen molar-refractivity contribution >= 4 is 0 Å². The molecule has 15 heavy (non-hydrogen) atoms. The van der Waals surface area contributed by atoms with Gasteiger partial charge in [-0.15, -0.1) is 0 Å². The third-order valence-electron chi connectivity index (χ3n) is 1.96. The fourth-order valence-corrected chi connectivity index (χ4v) is 1.41. The van der Waals surface area contributed by atoms with Crippen molar-refractivity contribution < 1.29 is 14.0 Å². The van der Waals surface area contributed by atoms with Crippen LogP contribution in [-0.4, -0.2) is 58.1 Å². The van der Waals surface area contributed by atoms with E-state index in [1.807, 2.05) is 0 Å². The highest BCUT2D eigenvalue weighted by molar-refractivity contribution is 4.55. The van der Waals surface area contributed by atoms with E-state index in [9.17, 15) is 0 Å². The van der Waals surface area contributed by atoms with Gasteiger partial charge >= 0.3 is 0 Å². The minimum atomic E-state index is 0.233. The second-order valence-corrected chi connectivity index (χ2v) is 5.04. The van der Waals surface area contributed by atoms with Crippen molar-refractivity contribution in [3.05, 3.63) is 0 Å². The van der Waals surface area contributed by atoms with Crippen molar-refractivity contribution in [3.8, 4) is 0 Å². The summed E-state index contributed by atoms with van der Waals surface area (Å²) in [5, 5.41) is 0. The van der Waals surface area contributed by atoms with Crippen LogP contribution >= 0.6 is 0 Å². The molecule has 0 saturated heterocycles. The quantitative estimate of drug-likeness (QED) is 0.435.